The van der Waals surface area contributed by atoms with Gasteiger partial charge in [0, 0.05) is 12.1 Å². The first-order valence-corrected chi connectivity index (χ1v) is 5.91. The highest BCUT2D eigenvalue weighted by atomic mass is 79.9. The number of anilines is 1. The van der Waals surface area contributed by atoms with Crippen LogP contribution >= 0.6 is 15.9 Å². The maximum atomic E-state index is 13.2. The highest BCUT2D eigenvalue weighted by molar-refractivity contribution is 9.10. The van der Waals surface area contributed by atoms with E-state index in [1.165, 1.54) is 0 Å². The molecule has 0 amide bonds. The van der Waals surface area contributed by atoms with Crippen LogP contribution in [-0.4, -0.2) is 14.9 Å². The zero-order chi connectivity index (χ0) is 14.7. The summed E-state index contributed by atoms with van der Waals surface area (Å²) in [6.45, 7) is 0. The highest BCUT2D eigenvalue weighted by Gasteiger charge is 2.19. The van der Waals surface area contributed by atoms with E-state index in [-0.39, 0.29) is 27.6 Å². The first-order valence-electron chi connectivity index (χ1n) is 5.12. The third-order valence-corrected chi connectivity index (χ3v) is 2.93. The summed E-state index contributed by atoms with van der Waals surface area (Å²) >= 11 is 3.12. The van der Waals surface area contributed by atoms with E-state index >= 15 is 0 Å². The molecule has 0 spiro atoms. The van der Waals surface area contributed by atoms with Crippen LogP contribution in [0.5, 0.6) is 11.6 Å². The fourth-order valence-corrected chi connectivity index (χ4v) is 1.75. The van der Waals surface area contributed by atoms with E-state index in [2.05, 4.69) is 31.3 Å². The quantitative estimate of drug-likeness (QED) is 0.497. The topological polar surface area (TPSA) is 116 Å². The number of hydrogen-bond donors (Lipinski definition) is 2. The van der Waals surface area contributed by atoms with Gasteiger partial charge >= 0.3 is 5.69 Å². The molecule has 1 heterocycles. The fourth-order valence-electron chi connectivity index (χ4n) is 1.35. The molecule has 0 aliphatic heterocycles. The average Bonchev–Trinajstić information content (AvgIpc) is 2.41. The van der Waals surface area contributed by atoms with Crippen molar-refractivity contribution in [3.63, 3.8) is 0 Å². The van der Waals surface area contributed by atoms with Crippen molar-refractivity contribution in [2.45, 2.75) is 0 Å². The normalized spacial score (nSPS) is 10.2. The Bertz CT molecular complexity index is 669. The highest BCUT2D eigenvalue weighted by Crippen LogP contribution is 2.35. The molecule has 104 valence electrons. The van der Waals surface area contributed by atoms with E-state index in [0.717, 1.165) is 24.5 Å². The van der Waals surface area contributed by atoms with Gasteiger partial charge in [-0.05, 0) is 22.0 Å². The number of hydrogen-bond acceptors (Lipinski definition) is 7. The molecule has 0 atom stereocenters. The van der Waals surface area contributed by atoms with Crippen molar-refractivity contribution in [2.24, 2.45) is 5.84 Å². The molecular formula is C10H7BrFN5O3. The molecule has 20 heavy (non-hydrogen) atoms. The lowest BCUT2D eigenvalue weighted by Crippen LogP contribution is -2.10. The molecular weight excluding hydrogens is 337 g/mol. The zero-order valence-electron chi connectivity index (χ0n) is 9.71. The largest absolute Gasteiger partial charge is 0.430 e. The van der Waals surface area contributed by atoms with Crippen LogP contribution in [-0.2, 0) is 0 Å². The van der Waals surface area contributed by atoms with Gasteiger partial charge in [0.2, 0.25) is 11.6 Å². The van der Waals surface area contributed by atoms with Crippen molar-refractivity contribution >= 4 is 27.4 Å². The number of nitrogens with one attached hydrogen (secondary N) is 1. The summed E-state index contributed by atoms with van der Waals surface area (Å²) in [5.74, 6) is 4.44. The number of nitrogens with two attached hydrogens (primary N) is 1. The zero-order valence-corrected chi connectivity index (χ0v) is 11.3. The van der Waals surface area contributed by atoms with Crippen molar-refractivity contribution in [1.82, 2.24) is 9.97 Å². The van der Waals surface area contributed by atoms with Crippen LogP contribution in [0, 0.1) is 15.9 Å². The molecule has 0 radical (unpaired) electrons. The van der Waals surface area contributed by atoms with E-state index in [1.54, 1.807) is 0 Å². The maximum absolute atomic E-state index is 13.2. The monoisotopic (exact) mass is 343 g/mol. The number of aromatic nitrogens is 2. The number of nitrogens with zero attached hydrogens (tertiary/aromatic N) is 3. The van der Waals surface area contributed by atoms with Crippen LogP contribution in [0.15, 0.2) is 29.0 Å². The molecule has 2 aromatic rings. The van der Waals surface area contributed by atoms with E-state index in [1.807, 2.05) is 0 Å². The van der Waals surface area contributed by atoms with E-state index in [0.29, 0.717) is 0 Å². The van der Waals surface area contributed by atoms with Crippen LogP contribution in [0.2, 0.25) is 0 Å². The summed E-state index contributed by atoms with van der Waals surface area (Å²) in [6, 6.07) is 2.86. The molecule has 0 aliphatic carbocycles. The molecule has 0 aliphatic rings. The lowest BCUT2D eigenvalue weighted by atomic mass is 10.3. The number of nitro benzene ring substituents is 1. The Morgan fingerprint density at radius 2 is 2.20 bits per heavy atom. The second-order valence-corrected chi connectivity index (χ2v) is 4.25. The van der Waals surface area contributed by atoms with Crippen LogP contribution < -0.4 is 16.0 Å². The first kappa shape index (κ1) is 14.1. The van der Waals surface area contributed by atoms with Gasteiger partial charge in [-0.1, -0.05) is 0 Å². The molecule has 0 saturated heterocycles. The molecule has 2 rings (SSSR count). The number of halogens is 2. The van der Waals surface area contributed by atoms with Gasteiger partial charge in [0.1, 0.15) is 16.6 Å². The van der Waals surface area contributed by atoms with Gasteiger partial charge in [-0.25, -0.2) is 20.2 Å². The first-order chi connectivity index (χ1) is 9.52. The average molecular weight is 344 g/mol. The molecule has 1 aromatic carbocycles. The Hall–Kier alpha value is -2.33. The summed E-state index contributed by atoms with van der Waals surface area (Å²) < 4.78 is 18.7. The van der Waals surface area contributed by atoms with E-state index < -0.39 is 10.7 Å². The number of benzene rings is 1. The van der Waals surface area contributed by atoms with Gasteiger partial charge in [-0.2, -0.15) is 0 Å². The van der Waals surface area contributed by atoms with E-state index in [4.69, 9.17) is 10.6 Å². The fraction of sp³-hybridized carbons (Fsp3) is 0. The van der Waals surface area contributed by atoms with Gasteiger partial charge in [0.05, 0.1) is 4.92 Å². The Balaban J connectivity index is 2.44. The van der Waals surface area contributed by atoms with Crippen molar-refractivity contribution in [3.05, 3.63) is 44.9 Å². The summed E-state index contributed by atoms with van der Waals surface area (Å²) in [5.41, 5.74) is 1.89. The second kappa shape index (κ2) is 5.75. The molecule has 0 saturated carbocycles. The minimum atomic E-state index is -0.689. The summed E-state index contributed by atoms with van der Waals surface area (Å²) in [7, 11) is 0. The third kappa shape index (κ3) is 2.81. The van der Waals surface area contributed by atoms with Crippen LogP contribution in [0.1, 0.15) is 0 Å². The number of rotatable bonds is 4. The summed E-state index contributed by atoms with van der Waals surface area (Å²) in [4.78, 5) is 17.8. The van der Waals surface area contributed by atoms with Gasteiger partial charge in [-0.3, -0.25) is 10.1 Å². The van der Waals surface area contributed by atoms with Crippen LogP contribution in [0.3, 0.4) is 0 Å². The Kier molecular flexibility index (Phi) is 4.05. The Labute approximate surface area is 120 Å². The molecule has 10 heteroatoms. The van der Waals surface area contributed by atoms with Gasteiger partial charge in [-0.15, -0.1) is 0 Å². The van der Waals surface area contributed by atoms with Crippen molar-refractivity contribution in [1.29, 1.82) is 0 Å². The minimum absolute atomic E-state index is 0.0401. The van der Waals surface area contributed by atoms with E-state index in [9.17, 15) is 14.5 Å². The Morgan fingerprint density at radius 3 is 2.85 bits per heavy atom. The molecule has 3 N–H and O–H groups in total. The maximum Gasteiger partial charge on any atom is 0.311 e. The predicted octanol–water partition coefficient (Wildman–Crippen LogP) is 2.36. The molecule has 1 aromatic heterocycles. The number of nitro groups is 1. The Morgan fingerprint density at radius 1 is 1.45 bits per heavy atom. The molecule has 8 nitrogen and oxygen atoms in total. The lowest BCUT2D eigenvalue weighted by Gasteiger charge is -2.09. The summed E-state index contributed by atoms with van der Waals surface area (Å²) in [5, 5.41) is 10.9. The number of nitrogen functional groups attached to an aromatic ring is 1. The third-order valence-electron chi connectivity index (χ3n) is 2.22. The SMILES string of the molecule is NNc1ncnc(Oc2cc(F)ccc2[N+](=O)[O-])c1Br. The molecule has 0 bridgehead atoms. The number of ether oxygens (including phenoxy) is 1. The van der Waals surface area contributed by atoms with Crippen LogP contribution in [0.25, 0.3) is 0 Å². The van der Waals surface area contributed by atoms with Crippen molar-refractivity contribution in [2.75, 3.05) is 5.43 Å². The van der Waals surface area contributed by atoms with Crippen molar-refractivity contribution in [3.8, 4) is 11.6 Å². The van der Waals surface area contributed by atoms with Gasteiger partial charge < -0.3 is 10.2 Å². The van der Waals surface area contributed by atoms with Crippen LogP contribution in [0.4, 0.5) is 15.9 Å². The van der Waals surface area contributed by atoms with Crippen molar-refractivity contribution < 1.29 is 14.1 Å². The minimum Gasteiger partial charge on any atom is -0.430 e. The number of hydrazine groups is 1. The predicted molar refractivity (Wildman–Crippen MR) is 70.7 cm³/mol. The molecule has 0 unspecified atom stereocenters. The lowest BCUT2D eigenvalue weighted by molar-refractivity contribution is -0.385. The van der Waals surface area contributed by atoms with Gasteiger partial charge in [0.15, 0.2) is 5.82 Å². The smallest absolute Gasteiger partial charge is 0.311 e. The van der Waals surface area contributed by atoms with Gasteiger partial charge in [0.25, 0.3) is 0 Å². The molecule has 0 fully saturated rings. The second-order valence-electron chi connectivity index (χ2n) is 3.46. The standard InChI is InChI=1S/C10H7BrFN5O3/c11-8-9(16-13)14-4-15-10(8)20-7-3-5(12)1-2-6(7)17(18)19/h1-4H,13H2,(H,14,15,16). The summed E-state index contributed by atoms with van der Waals surface area (Å²) in [6.07, 6.45) is 1.14.